The summed E-state index contributed by atoms with van der Waals surface area (Å²) in [5, 5.41) is 4.72. The summed E-state index contributed by atoms with van der Waals surface area (Å²) in [6.45, 7) is 2.43. The second-order valence-corrected chi connectivity index (χ2v) is 7.11. The highest BCUT2D eigenvalue weighted by Crippen LogP contribution is 2.26. The molecule has 6 nitrogen and oxygen atoms in total. The standard InChI is InChI=1S/C25H19FN4O2/c1-2-32-19-14-12-17(13-15-19)29-23(20-10-6-7-11-22(20)26)28-24-21(25(29)31)16-27-30(24)18-8-4-3-5-9-18/h3-16H,2H2,1H3. The average Bonchev–Trinajstić information content (AvgIpc) is 3.25. The highest BCUT2D eigenvalue weighted by molar-refractivity contribution is 5.79. The third kappa shape index (κ3) is 3.33. The van der Waals surface area contributed by atoms with Crippen LogP contribution in [-0.4, -0.2) is 25.9 Å². The Bertz CT molecular complexity index is 1460. The number of hydrogen-bond donors (Lipinski definition) is 0. The maximum Gasteiger partial charge on any atom is 0.269 e. The number of para-hydroxylation sites is 1. The number of fused-ring (bicyclic) bond motifs is 1. The molecule has 0 amide bonds. The van der Waals surface area contributed by atoms with Crippen molar-refractivity contribution >= 4 is 11.0 Å². The van der Waals surface area contributed by atoms with Gasteiger partial charge in [-0.2, -0.15) is 5.10 Å². The molecule has 158 valence electrons. The van der Waals surface area contributed by atoms with Gasteiger partial charge >= 0.3 is 0 Å². The Morgan fingerprint density at radius 3 is 2.34 bits per heavy atom. The van der Waals surface area contributed by atoms with Gasteiger partial charge in [-0.3, -0.25) is 9.36 Å². The average molecular weight is 426 g/mol. The van der Waals surface area contributed by atoms with Crippen molar-refractivity contribution in [3.05, 3.63) is 101 Å². The molecule has 0 saturated carbocycles. The monoisotopic (exact) mass is 426 g/mol. The lowest BCUT2D eigenvalue weighted by molar-refractivity contribution is 0.340. The van der Waals surface area contributed by atoms with Crippen LogP contribution in [0.4, 0.5) is 4.39 Å². The molecule has 0 N–H and O–H groups in total. The lowest BCUT2D eigenvalue weighted by atomic mass is 10.1. The van der Waals surface area contributed by atoms with E-state index in [0.29, 0.717) is 29.1 Å². The van der Waals surface area contributed by atoms with Crippen LogP contribution in [-0.2, 0) is 0 Å². The zero-order valence-electron chi connectivity index (χ0n) is 17.3. The Balaban J connectivity index is 1.81. The van der Waals surface area contributed by atoms with Crippen molar-refractivity contribution in [2.45, 2.75) is 6.92 Å². The van der Waals surface area contributed by atoms with Gasteiger partial charge in [0, 0.05) is 0 Å². The van der Waals surface area contributed by atoms with Crippen LogP contribution >= 0.6 is 0 Å². The van der Waals surface area contributed by atoms with Crippen molar-refractivity contribution in [3.8, 4) is 28.5 Å². The first-order chi connectivity index (χ1) is 15.7. The molecule has 0 unspecified atom stereocenters. The van der Waals surface area contributed by atoms with Crippen LogP contribution in [0.3, 0.4) is 0 Å². The van der Waals surface area contributed by atoms with E-state index in [1.165, 1.54) is 16.8 Å². The first-order valence-corrected chi connectivity index (χ1v) is 10.2. The molecule has 0 saturated heterocycles. The van der Waals surface area contributed by atoms with Gasteiger partial charge in [0.15, 0.2) is 11.5 Å². The highest BCUT2D eigenvalue weighted by atomic mass is 19.1. The molecule has 0 aliphatic rings. The van der Waals surface area contributed by atoms with Crippen LogP contribution in [0.15, 0.2) is 89.9 Å². The van der Waals surface area contributed by atoms with Gasteiger partial charge in [-0.25, -0.2) is 14.1 Å². The molecule has 5 rings (SSSR count). The van der Waals surface area contributed by atoms with Crippen molar-refractivity contribution < 1.29 is 9.13 Å². The van der Waals surface area contributed by atoms with E-state index in [0.717, 1.165) is 5.69 Å². The van der Waals surface area contributed by atoms with E-state index in [4.69, 9.17) is 9.72 Å². The Morgan fingerprint density at radius 2 is 1.62 bits per heavy atom. The van der Waals surface area contributed by atoms with Gasteiger partial charge in [-0.05, 0) is 55.5 Å². The Morgan fingerprint density at radius 1 is 0.906 bits per heavy atom. The summed E-state index contributed by atoms with van der Waals surface area (Å²) < 4.78 is 23.3. The number of benzene rings is 3. The largest absolute Gasteiger partial charge is 0.494 e. The first-order valence-electron chi connectivity index (χ1n) is 10.2. The van der Waals surface area contributed by atoms with Crippen LogP contribution in [0, 0.1) is 5.82 Å². The van der Waals surface area contributed by atoms with Gasteiger partial charge in [-0.15, -0.1) is 0 Å². The van der Waals surface area contributed by atoms with Gasteiger partial charge in [0.25, 0.3) is 5.56 Å². The predicted octanol–water partition coefficient (Wildman–Crippen LogP) is 4.78. The molecule has 32 heavy (non-hydrogen) atoms. The van der Waals surface area contributed by atoms with E-state index in [2.05, 4.69) is 5.10 Å². The molecular formula is C25H19FN4O2. The minimum atomic E-state index is -0.468. The van der Waals surface area contributed by atoms with Gasteiger partial charge in [0.05, 0.1) is 29.7 Å². The minimum absolute atomic E-state index is 0.197. The first kappa shape index (κ1) is 19.7. The Hall–Kier alpha value is -4.26. The molecule has 2 heterocycles. The summed E-state index contributed by atoms with van der Waals surface area (Å²) in [7, 11) is 0. The van der Waals surface area contributed by atoms with Crippen molar-refractivity contribution in [1.29, 1.82) is 0 Å². The van der Waals surface area contributed by atoms with Gasteiger partial charge in [0.1, 0.15) is 17.0 Å². The molecular weight excluding hydrogens is 407 g/mol. The minimum Gasteiger partial charge on any atom is -0.494 e. The quantitative estimate of drug-likeness (QED) is 0.406. The van der Waals surface area contributed by atoms with Crippen LogP contribution in [0.5, 0.6) is 5.75 Å². The summed E-state index contributed by atoms with van der Waals surface area (Å²) >= 11 is 0. The van der Waals surface area contributed by atoms with Crippen molar-refractivity contribution in [1.82, 2.24) is 19.3 Å². The zero-order chi connectivity index (χ0) is 22.1. The molecule has 0 atom stereocenters. The third-order valence-corrected chi connectivity index (χ3v) is 5.12. The van der Waals surface area contributed by atoms with E-state index < -0.39 is 5.82 Å². The molecule has 0 aliphatic heterocycles. The van der Waals surface area contributed by atoms with Crippen LogP contribution in [0.1, 0.15) is 6.92 Å². The Kier molecular flexibility index (Phi) is 4.99. The molecule has 3 aromatic carbocycles. The van der Waals surface area contributed by atoms with Gasteiger partial charge in [-0.1, -0.05) is 30.3 Å². The van der Waals surface area contributed by atoms with Crippen LogP contribution in [0.25, 0.3) is 33.8 Å². The van der Waals surface area contributed by atoms with E-state index in [1.54, 1.807) is 47.1 Å². The normalized spacial score (nSPS) is 11.1. The van der Waals surface area contributed by atoms with Gasteiger partial charge in [0.2, 0.25) is 0 Å². The second-order valence-electron chi connectivity index (χ2n) is 7.11. The topological polar surface area (TPSA) is 61.9 Å². The van der Waals surface area contributed by atoms with E-state index in [1.807, 2.05) is 37.3 Å². The molecule has 2 aromatic heterocycles. The number of ether oxygens (including phenoxy) is 1. The number of hydrogen-bond acceptors (Lipinski definition) is 4. The van der Waals surface area contributed by atoms with Crippen LogP contribution in [0.2, 0.25) is 0 Å². The molecule has 0 spiro atoms. The number of halogens is 1. The second kappa shape index (κ2) is 8.11. The maximum absolute atomic E-state index is 14.8. The molecule has 0 aliphatic carbocycles. The smallest absolute Gasteiger partial charge is 0.269 e. The molecule has 0 radical (unpaired) electrons. The van der Waals surface area contributed by atoms with E-state index >= 15 is 0 Å². The van der Waals surface area contributed by atoms with Crippen molar-refractivity contribution in [2.24, 2.45) is 0 Å². The van der Waals surface area contributed by atoms with Gasteiger partial charge < -0.3 is 4.74 Å². The van der Waals surface area contributed by atoms with Crippen molar-refractivity contribution in [3.63, 3.8) is 0 Å². The lowest BCUT2D eigenvalue weighted by Crippen LogP contribution is -2.22. The molecule has 5 aromatic rings. The summed E-state index contributed by atoms with van der Waals surface area (Å²) in [6, 6.07) is 22.7. The molecule has 0 bridgehead atoms. The fourth-order valence-corrected chi connectivity index (χ4v) is 3.65. The summed E-state index contributed by atoms with van der Waals surface area (Å²) in [4.78, 5) is 18.3. The van der Waals surface area contributed by atoms with Crippen LogP contribution < -0.4 is 10.3 Å². The van der Waals surface area contributed by atoms with E-state index in [9.17, 15) is 9.18 Å². The fourth-order valence-electron chi connectivity index (χ4n) is 3.65. The third-order valence-electron chi connectivity index (χ3n) is 5.12. The SMILES string of the molecule is CCOc1ccc(-n2c(-c3ccccc3F)nc3c(cnn3-c3ccccc3)c2=O)cc1. The van der Waals surface area contributed by atoms with Crippen molar-refractivity contribution in [2.75, 3.05) is 6.61 Å². The maximum atomic E-state index is 14.8. The fraction of sp³-hybridized carbons (Fsp3) is 0.0800. The summed E-state index contributed by atoms with van der Waals surface area (Å²) in [5.74, 6) is 0.411. The number of rotatable bonds is 5. The molecule has 7 heteroatoms. The van der Waals surface area contributed by atoms with E-state index in [-0.39, 0.29) is 16.9 Å². The lowest BCUT2D eigenvalue weighted by Gasteiger charge is -2.14. The molecule has 0 fully saturated rings. The Labute approximate surface area is 183 Å². The highest BCUT2D eigenvalue weighted by Gasteiger charge is 2.20. The predicted molar refractivity (Wildman–Crippen MR) is 121 cm³/mol. The number of aromatic nitrogens is 4. The zero-order valence-corrected chi connectivity index (χ0v) is 17.3. The summed E-state index contributed by atoms with van der Waals surface area (Å²) in [6.07, 6.45) is 1.49. The summed E-state index contributed by atoms with van der Waals surface area (Å²) in [5.41, 5.74) is 1.56. The number of nitrogens with zero attached hydrogens (tertiary/aromatic N) is 4.